The van der Waals surface area contributed by atoms with E-state index in [-0.39, 0.29) is 23.1 Å². The first kappa shape index (κ1) is 16.0. The molecular weight excluding hydrogens is 288 g/mol. The summed E-state index contributed by atoms with van der Waals surface area (Å²) in [6, 6.07) is 8.27. The molecule has 1 aliphatic heterocycles. The molecule has 1 heterocycles. The molecule has 1 N–H and O–H groups in total. The Morgan fingerprint density at radius 3 is 2.78 bits per heavy atom. The van der Waals surface area contributed by atoms with Gasteiger partial charge in [0.15, 0.2) is 0 Å². The van der Waals surface area contributed by atoms with Crippen LogP contribution >= 0.6 is 0 Å². The molecule has 1 aromatic rings. The van der Waals surface area contributed by atoms with Crippen LogP contribution in [0.15, 0.2) is 24.3 Å². The van der Waals surface area contributed by atoms with E-state index in [1.54, 1.807) is 0 Å². The number of hydrogen-bond acceptors (Lipinski definition) is 2. The van der Waals surface area contributed by atoms with Gasteiger partial charge < -0.3 is 10.2 Å². The minimum atomic E-state index is -0.310. The van der Waals surface area contributed by atoms with E-state index in [0.717, 1.165) is 37.9 Å². The largest absolute Gasteiger partial charge is 0.355 e. The van der Waals surface area contributed by atoms with E-state index in [0.29, 0.717) is 13.0 Å². The Labute approximate surface area is 138 Å². The highest BCUT2D eigenvalue weighted by Crippen LogP contribution is 2.48. The molecule has 0 aromatic heterocycles. The second-order valence-corrected chi connectivity index (χ2v) is 7.21. The van der Waals surface area contributed by atoms with E-state index in [1.165, 1.54) is 5.56 Å². The van der Waals surface area contributed by atoms with Crippen LogP contribution in [0, 0.1) is 12.8 Å². The summed E-state index contributed by atoms with van der Waals surface area (Å²) in [4.78, 5) is 26.2. The van der Waals surface area contributed by atoms with E-state index in [9.17, 15) is 9.59 Å². The lowest BCUT2D eigenvalue weighted by atomic mass is 9.93. The Bertz CT molecular complexity index is 607. The maximum Gasteiger partial charge on any atom is 0.230 e. The molecule has 1 saturated heterocycles. The van der Waals surface area contributed by atoms with Gasteiger partial charge in [0.2, 0.25) is 11.8 Å². The zero-order chi connectivity index (χ0) is 16.4. The van der Waals surface area contributed by atoms with E-state index in [2.05, 4.69) is 37.4 Å². The van der Waals surface area contributed by atoms with Crippen molar-refractivity contribution in [3.8, 4) is 0 Å². The van der Waals surface area contributed by atoms with Gasteiger partial charge in [-0.05, 0) is 37.7 Å². The van der Waals surface area contributed by atoms with Crippen molar-refractivity contribution >= 4 is 11.8 Å². The van der Waals surface area contributed by atoms with Crippen molar-refractivity contribution in [2.45, 2.75) is 44.9 Å². The van der Waals surface area contributed by atoms with Gasteiger partial charge in [-0.3, -0.25) is 9.59 Å². The summed E-state index contributed by atoms with van der Waals surface area (Å²) < 4.78 is 0. The van der Waals surface area contributed by atoms with Crippen LogP contribution < -0.4 is 5.32 Å². The molecule has 0 spiro atoms. The van der Waals surface area contributed by atoms with Crippen molar-refractivity contribution < 1.29 is 9.59 Å². The molecule has 124 valence electrons. The summed E-state index contributed by atoms with van der Waals surface area (Å²) >= 11 is 0. The fourth-order valence-electron chi connectivity index (χ4n) is 3.49. The third-order valence-corrected chi connectivity index (χ3v) is 5.07. The van der Waals surface area contributed by atoms with E-state index in [1.807, 2.05) is 11.0 Å². The lowest BCUT2D eigenvalue weighted by Crippen LogP contribution is -2.40. The van der Waals surface area contributed by atoms with E-state index in [4.69, 9.17) is 0 Å². The summed E-state index contributed by atoms with van der Waals surface area (Å²) in [6.45, 7) is 6.40. The fourth-order valence-corrected chi connectivity index (χ4v) is 3.49. The molecule has 0 unspecified atom stereocenters. The van der Waals surface area contributed by atoms with Crippen LogP contribution in [0.25, 0.3) is 0 Å². The van der Waals surface area contributed by atoms with Crippen LogP contribution in [0.2, 0.25) is 0 Å². The van der Waals surface area contributed by atoms with E-state index < -0.39 is 0 Å². The van der Waals surface area contributed by atoms with Crippen LogP contribution in [0.3, 0.4) is 0 Å². The molecule has 4 heteroatoms. The predicted molar refractivity (Wildman–Crippen MR) is 90.1 cm³/mol. The first-order chi connectivity index (χ1) is 11.0. The van der Waals surface area contributed by atoms with Gasteiger partial charge in [-0.15, -0.1) is 0 Å². The van der Waals surface area contributed by atoms with Crippen LogP contribution in [-0.2, 0) is 15.0 Å². The van der Waals surface area contributed by atoms with Crippen LogP contribution in [-0.4, -0.2) is 36.3 Å². The maximum absolute atomic E-state index is 12.7. The lowest BCUT2D eigenvalue weighted by Gasteiger charge is -2.22. The highest BCUT2D eigenvalue weighted by molar-refractivity contribution is 5.91. The summed E-state index contributed by atoms with van der Waals surface area (Å²) in [7, 11) is 0. The molecule has 1 atom stereocenters. The number of amides is 2. The Morgan fingerprint density at radius 1 is 1.39 bits per heavy atom. The molecule has 2 aliphatic rings. The van der Waals surface area contributed by atoms with Gasteiger partial charge in [0.25, 0.3) is 0 Å². The molecule has 2 amide bonds. The first-order valence-corrected chi connectivity index (χ1v) is 8.64. The molecule has 0 bridgehead atoms. The van der Waals surface area contributed by atoms with Crippen molar-refractivity contribution in [1.29, 1.82) is 0 Å². The number of benzene rings is 1. The van der Waals surface area contributed by atoms with Gasteiger partial charge in [0, 0.05) is 26.1 Å². The van der Waals surface area contributed by atoms with Crippen molar-refractivity contribution in [2.75, 3.05) is 19.6 Å². The quantitative estimate of drug-likeness (QED) is 0.876. The smallest absolute Gasteiger partial charge is 0.230 e. The number of hydrogen-bond donors (Lipinski definition) is 1. The number of aryl methyl sites for hydroxylation is 1. The third-order valence-electron chi connectivity index (χ3n) is 5.07. The summed E-state index contributed by atoms with van der Waals surface area (Å²) in [5.74, 6) is 0.679. The topological polar surface area (TPSA) is 49.4 Å². The Balaban J connectivity index is 1.54. The second kappa shape index (κ2) is 6.34. The van der Waals surface area contributed by atoms with Crippen molar-refractivity contribution in [3.05, 3.63) is 35.4 Å². The maximum atomic E-state index is 12.7. The SMILES string of the molecule is Cc1cccc(C2(C(=O)NC[C@@H](C)CN3CCCC3=O)CC2)c1. The summed E-state index contributed by atoms with van der Waals surface area (Å²) in [5, 5.41) is 3.12. The van der Waals surface area contributed by atoms with Gasteiger partial charge in [0.05, 0.1) is 5.41 Å². The highest BCUT2D eigenvalue weighted by atomic mass is 16.2. The second-order valence-electron chi connectivity index (χ2n) is 7.21. The number of nitrogens with one attached hydrogen (secondary N) is 1. The third kappa shape index (κ3) is 3.41. The molecule has 23 heavy (non-hydrogen) atoms. The number of likely N-dealkylation sites (tertiary alicyclic amines) is 1. The van der Waals surface area contributed by atoms with Gasteiger partial charge >= 0.3 is 0 Å². The standard InChI is InChI=1S/C19H26N2O2/c1-14-5-3-6-16(11-14)19(8-9-19)18(23)20-12-15(2)13-21-10-4-7-17(21)22/h3,5-6,11,15H,4,7-10,12-13H2,1-2H3,(H,20,23)/t15-/m1/s1. The highest BCUT2D eigenvalue weighted by Gasteiger charge is 2.51. The number of carbonyl (C=O) groups is 2. The van der Waals surface area contributed by atoms with Gasteiger partial charge in [-0.1, -0.05) is 36.8 Å². The fraction of sp³-hybridized carbons (Fsp3) is 0.579. The molecule has 0 radical (unpaired) electrons. The normalized spacial score (nSPS) is 20.4. The first-order valence-electron chi connectivity index (χ1n) is 8.64. The molecular formula is C19H26N2O2. The average Bonchev–Trinajstić information content (AvgIpc) is 3.25. The van der Waals surface area contributed by atoms with Crippen molar-refractivity contribution in [3.63, 3.8) is 0 Å². The van der Waals surface area contributed by atoms with Gasteiger partial charge in [-0.2, -0.15) is 0 Å². The van der Waals surface area contributed by atoms with E-state index >= 15 is 0 Å². The minimum absolute atomic E-state index is 0.141. The Morgan fingerprint density at radius 2 is 2.17 bits per heavy atom. The zero-order valence-electron chi connectivity index (χ0n) is 14.1. The molecule has 2 fully saturated rings. The van der Waals surface area contributed by atoms with Gasteiger partial charge in [0.1, 0.15) is 0 Å². The molecule has 3 rings (SSSR count). The number of carbonyl (C=O) groups excluding carboxylic acids is 2. The van der Waals surface area contributed by atoms with Crippen LogP contribution in [0.1, 0.15) is 43.7 Å². The van der Waals surface area contributed by atoms with Crippen molar-refractivity contribution in [1.82, 2.24) is 10.2 Å². The summed E-state index contributed by atoms with van der Waals surface area (Å²) in [5.41, 5.74) is 2.02. The number of rotatable bonds is 6. The Kier molecular flexibility index (Phi) is 4.42. The predicted octanol–water partition coefficient (Wildman–Crippen LogP) is 2.40. The Hall–Kier alpha value is -1.84. The number of nitrogens with zero attached hydrogens (tertiary/aromatic N) is 1. The molecule has 1 aromatic carbocycles. The average molecular weight is 314 g/mol. The molecule has 1 saturated carbocycles. The van der Waals surface area contributed by atoms with Crippen LogP contribution in [0.5, 0.6) is 0 Å². The zero-order valence-corrected chi connectivity index (χ0v) is 14.1. The monoisotopic (exact) mass is 314 g/mol. The van der Waals surface area contributed by atoms with Gasteiger partial charge in [-0.25, -0.2) is 0 Å². The lowest BCUT2D eigenvalue weighted by molar-refractivity contribution is -0.128. The molecule has 1 aliphatic carbocycles. The van der Waals surface area contributed by atoms with Crippen LogP contribution in [0.4, 0.5) is 0 Å². The van der Waals surface area contributed by atoms with Crippen molar-refractivity contribution in [2.24, 2.45) is 5.92 Å². The molecule has 4 nitrogen and oxygen atoms in total. The summed E-state index contributed by atoms with van der Waals surface area (Å²) in [6.07, 6.45) is 3.51. The minimum Gasteiger partial charge on any atom is -0.355 e.